The Labute approximate surface area is 95.9 Å². The van der Waals surface area contributed by atoms with Gasteiger partial charge in [0.2, 0.25) is 5.91 Å². The second-order valence-electron chi connectivity index (χ2n) is 3.31. The number of fused-ring (bicyclic) bond motifs is 1. The molecule has 0 aliphatic heterocycles. The molecule has 1 aromatic carbocycles. The zero-order valence-corrected chi connectivity index (χ0v) is 9.20. The van der Waals surface area contributed by atoms with E-state index in [0.29, 0.717) is 5.69 Å². The zero-order chi connectivity index (χ0) is 11.5. The summed E-state index contributed by atoms with van der Waals surface area (Å²) in [6.45, 7) is -0.366. The smallest absolute Gasteiger partial charge is 0.243 e. The molecular formula is C10H11N3O2S. The fraction of sp³-hybridized carbons (Fsp3) is 0.200. The Morgan fingerprint density at radius 3 is 3.19 bits per heavy atom. The van der Waals surface area contributed by atoms with E-state index in [4.69, 9.17) is 10.8 Å². The summed E-state index contributed by atoms with van der Waals surface area (Å²) in [5, 5.41) is 11.4. The Morgan fingerprint density at radius 1 is 1.62 bits per heavy atom. The van der Waals surface area contributed by atoms with Gasteiger partial charge in [-0.2, -0.15) is 0 Å². The van der Waals surface area contributed by atoms with Crippen molar-refractivity contribution in [1.29, 1.82) is 0 Å². The van der Waals surface area contributed by atoms with Crippen molar-refractivity contribution < 1.29 is 9.90 Å². The van der Waals surface area contributed by atoms with Crippen LogP contribution in [0.2, 0.25) is 0 Å². The van der Waals surface area contributed by atoms with Gasteiger partial charge in [0.25, 0.3) is 0 Å². The number of hydrogen-bond donors (Lipinski definition) is 3. The van der Waals surface area contributed by atoms with Gasteiger partial charge in [0.1, 0.15) is 6.04 Å². The number of hydrogen-bond acceptors (Lipinski definition) is 5. The minimum Gasteiger partial charge on any atom is -0.394 e. The number of anilines is 1. The molecule has 0 spiro atoms. The number of rotatable bonds is 3. The van der Waals surface area contributed by atoms with E-state index in [1.165, 1.54) is 11.3 Å². The number of thiazole rings is 1. The van der Waals surface area contributed by atoms with Crippen LogP contribution in [0.3, 0.4) is 0 Å². The maximum atomic E-state index is 11.4. The number of amides is 1. The monoisotopic (exact) mass is 237 g/mol. The fourth-order valence-electron chi connectivity index (χ4n) is 1.25. The molecule has 0 bridgehead atoms. The van der Waals surface area contributed by atoms with Gasteiger partial charge in [0, 0.05) is 5.69 Å². The molecule has 1 heterocycles. The SMILES string of the molecule is N[C@H](CO)C(=O)Nc1ccc2ncsc2c1. The van der Waals surface area contributed by atoms with Crippen molar-refractivity contribution >= 4 is 33.1 Å². The minimum absolute atomic E-state index is 0.366. The van der Waals surface area contributed by atoms with E-state index < -0.39 is 11.9 Å². The van der Waals surface area contributed by atoms with Gasteiger partial charge in [-0.05, 0) is 18.2 Å². The second-order valence-corrected chi connectivity index (χ2v) is 4.20. The van der Waals surface area contributed by atoms with Crippen molar-refractivity contribution in [1.82, 2.24) is 4.98 Å². The highest BCUT2D eigenvalue weighted by Gasteiger charge is 2.12. The van der Waals surface area contributed by atoms with Gasteiger partial charge in [0.05, 0.1) is 22.3 Å². The number of benzene rings is 1. The summed E-state index contributed by atoms with van der Waals surface area (Å²) in [6.07, 6.45) is 0. The lowest BCUT2D eigenvalue weighted by Gasteiger charge is -2.09. The number of carbonyl (C=O) groups excluding carboxylic acids is 1. The average molecular weight is 237 g/mol. The van der Waals surface area contributed by atoms with Crippen molar-refractivity contribution in [2.24, 2.45) is 5.73 Å². The van der Waals surface area contributed by atoms with Crippen molar-refractivity contribution in [2.45, 2.75) is 6.04 Å². The first kappa shape index (κ1) is 11.0. The molecule has 0 aliphatic rings. The van der Waals surface area contributed by atoms with Crippen molar-refractivity contribution in [3.63, 3.8) is 0 Å². The molecule has 2 aromatic rings. The van der Waals surface area contributed by atoms with E-state index in [0.717, 1.165) is 10.2 Å². The molecule has 2 rings (SSSR count). The average Bonchev–Trinajstić information content (AvgIpc) is 2.75. The molecule has 5 nitrogen and oxygen atoms in total. The van der Waals surface area contributed by atoms with Crippen LogP contribution in [0.25, 0.3) is 10.2 Å². The molecule has 0 saturated heterocycles. The quantitative estimate of drug-likeness (QED) is 0.727. The molecule has 0 saturated carbocycles. The lowest BCUT2D eigenvalue weighted by atomic mass is 10.2. The Balaban J connectivity index is 2.17. The number of aliphatic hydroxyl groups excluding tert-OH is 1. The third-order valence-corrected chi connectivity index (χ3v) is 2.92. The zero-order valence-electron chi connectivity index (χ0n) is 8.38. The Hall–Kier alpha value is -1.50. The highest BCUT2D eigenvalue weighted by molar-refractivity contribution is 7.16. The predicted molar refractivity (Wildman–Crippen MR) is 63.3 cm³/mol. The molecule has 1 atom stereocenters. The topological polar surface area (TPSA) is 88.2 Å². The molecule has 84 valence electrons. The molecule has 16 heavy (non-hydrogen) atoms. The maximum absolute atomic E-state index is 11.4. The lowest BCUT2D eigenvalue weighted by Crippen LogP contribution is -2.38. The van der Waals surface area contributed by atoms with E-state index in [-0.39, 0.29) is 6.61 Å². The fourth-order valence-corrected chi connectivity index (χ4v) is 1.97. The molecule has 1 amide bonds. The number of aliphatic hydroxyl groups is 1. The molecular weight excluding hydrogens is 226 g/mol. The second kappa shape index (κ2) is 4.56. The minimum atomic E-state index is -0.892. The van der Waals surface area contributed by atoms with Crippen LogP contribution >= 0.6 is 11.3 Å². The van der Waals surface area contributed by atoms with Crippen LogP contribution < -0.4 is 11.1 Å². The van der Waals surface area contributed by atoms with Gasteiger partial charge < -0.3 is 16.2 Å². The Morgan fingerprint density at radius 2 is 2.44 bits per heavy atom. The largest absolute Gasteiger partial charge is 0.394 e. The molecule has 0 radical (unpaired) electrons. The van der Waals surface area contributed by atoms with Crippen LogP contribution in [0.1, 0.15) is 0 Å². The Kier molecular flexibility index (Phi) is 3.14. The van der Waals surface area contributed by atoms with Crippen LogP contribution in [0.15, 0.2) is 23.7 Å². The van der Waals surface area contributed by atoms with E-state index in [9.17, 15) is 4.79 Å². The van der Waals surface area contributed by atoms with Gasteiger partial charge in [-0.3, -0.25) is 4.79 Å². The first-order valence-corrected chi connectivity index (χ1v) is 5.59. The number of carbonyl (C=O) groups is 1. The highest BCUT2D eigenvalue weighted by Crippen LogP contribution is 2.21. The third-order valence-electron chi connectivity index (χ3n) is 2.13. The summed E-state index contributed by atoms with van der Waals surface area (Å²) in [7, 11) is 0. The first-order chi connectivity index (χ1) is 7.70. The van der Waals surface area contributed by atoms with Crippen LogP contribution in [-0.4, -0.2) is 28.6 Å². The lowest BCUT2D eigenvalue weighted by molar-refractivity contribution is -0.118. The molecule has 1 aromatic heterocycles. The summed E-state index contributed by atoms with van der Waals surface area (Å²) in [5.74, 6) is -0.397. The van der Waals surface area contributed by atoms with Crippen LogP contribution in [0, 0.1) is 0 Å². The van der Waals surface area contributed by atoms with Gasteiger partial charge >= 0.3 is 0 Å². The number of nitrogens with two attached hydrogens (primary N) is 1. The summed E-state index contributed by atoms with van der Waals surface area (Å²) >= 11 is 1.50. The predicted octanol–water partition coefficient (Wildman–Crippen LogP) is 0.554. The molecule has 0 fully saturated rings. The van der Waals surface area contributed by atoms with Crippen LogP contribution in [-0.2, 0) is 4.79 Å². The summed E-state index contributed by atoms with van der Waals surface area (Å²) < 4.78 is 0.996. The number of aromatic nitrogens is 1. The number of nitrogens with one attached hydrogen (secondary N) is 1. The molecule has 6 heteroatoms. The first-order valence-electron chi connectivity index (χ1n) is 4.71. The summed E-state index contributed by atoms with van der Waals surface area (Å²) in [4.78, 5) is 15.5. The van der Waals surface area contributed by atoms with Gasteiger partial charge in [0.15, 0.2) is 0 Å². The van der Waals surface area contributed by atoms with Crippen LogP contribution in [0.4, 0.5) is 5.69 Å². The van der Waals surface area contributed by atoms with Gasteiger partial charge in [-0.1, -0.05) is 0 Å². The normalized spacial score (nSPS) is 12.6. The van der Waals surface area contributed by atoms with Crippen molar-refractivity contribution in [2.75, 3.05) is 11.9 Å². The third kappa shape index (κ3) is 2.19. The maximum Gasteiger partial charge on any atom is 0.243 e. The molecule has 4 N–H and O–H groups in total. The molecule has 0 unspecified atom stereocenters. The molecule has 0 aliphatic carbocycles. The van der Waals surface area contributed by atoms with E-state index in [1.807, 2.05) is 12.1 Å². The van der Waals surface area contributed by atoms with E-state index >= 15 is 0 Å². The summed E-state index contributed by atoms with van der Waals surface area (Å²) in [5.41, 5.74) is 8.69. The van der Waals surface area contributed by atoms with Gasteiger partial charge in [-0.25, -0.2) is 4.98 Å². The van der Waals surface area contributed by atoms with Crippen molar-refractivity contribution in [3.8, 4) is 0 Å². The highest BCUT2D eigenvalue weighted by atomic mass is 32.1. The summed E-state index contributed by atoms with van der Waals surface area (Å²) in [6, 6.07) is 4.52. The van der Waals surface area contributed by atoms with Crippen molar-refractivity contribution in [3.05, 3.63) is 23.7 Å². The van der Waals surface area contributed by atoms with Gasteiger partial charge in [-0.15, -0.1) is 11.3 Å². The van der Waals surface area contributed by atoms with E-state index in [2.05, 4.69) is 10.3 Å². The van der Waals surface area contributed by atoms with E-state index in [1.54, 1.807) is 11.6 Å². The van der Waals surface area contributed by atoms with Crippen LogP contribution in [0.5, 0.6) is 0 Å². The standard InChI is InChI=1S/C10H11N3O2S/c11-7(4-14)10(15)13-6-1-2-8-9(3-6)16-5-12-8/h1-3,5,7,14H,4,11H2,(H,13,15)/t7-/m1/s1. The number of nitrogens with zero attached hydrogens (tertiary/aromatic N) is 1. The Bertz CT molecular complexity index is 511.